The van der Waals surface area contributed by atoms with E-state index in [1.54, 1.807) is 23.8 Å². The fraction of sp³-hybridized carbons (Fsp3) is 0.735. The highest BCUT2D eigenvalue weighted by Crippen LogP contribution is 2.64. The fourth-order valence-electron chi connectivity index (χ4n) is 9.59. The number of rotatable bonds is 7. The second-order valence-corrected chi connectivity index (χ2v) is 14.3. The first-order valence-electron chi connectivity index (χ1n) is 15.6. The highest BCUT2D eigenvalue weighted by atomic mass is 16.5. The molecule has 1 aromatic carbocycles. The first kappa shape index (κ1) is 27.6. The molecule has 0 aromatic heterocycles. The van der Waals surface area contributed by atoms with Gasteiger partial charge in [-0.15, -0.1) is 0 Å². The topological polar surface area (TPSA) is 78.3 Å². The minimum atomic E-state index is -0.305. The molecule has 1 aromatic rings. The van der Waals surface area contributed by atoms with Gasteiger partial charge in [-0.2, -0.15) is 0 Å². The van der Waals surface area contributed by atoms with E-state index in [4.69, 9.17) is 16.2 Å². The Hall–Kier alpha value is -1.97. The number of ether oxygens (including phenoxy) is 1. The van der Waals surface area contributed by atoms with E-state index in [-0.39, 0.29) is 17.5 Å². The third kappa shape index (κ3) is 5.26. The van der Waals surface area contributed by atoms with Gasteiger partial charge in [0, 0.05) is 17.8 Å². The number of nitrogen functional groups attached to an aromatic ring is 2. The van der Waals surface area contributed by atoms with Crippen LogP contribution in [0.15, 0.2) is 29.8 Å². The predicted octanol–water partition coefficient (Wildman–Crippen LogP) is 8.27. The molecule has 0 spiro atoms. The van der Waals surface area contributed by atoms with Crippen molar-refractivity contribution in [1.82, 2.24) is 0 Å². The van der Waals surface area contributed by atoms with Crippen molar-refractivity contribution in [3.05, 3.63) is 35.4 Å². The molecule has 0 saturated heterocycles. The van der Waals surface area contributed by atoms with E-state index in [0.29, 0.717) is 16.9 Å². The number of allylic oxidation sites excluding steroid dienone is 1. The second kappa shape index (κ2) is 10.9. The molecule has 0 heterocycles. The number of anilines is 2. The summed E-state index contributed by atoms with van der Waals surface area (Å²) in [5.41, 5.74) is 15.1. The van der Waals surface area contributed by atoms with Crippen LogP contribution in [-0.2, 0) is 4.74 Å². The van der Waals surface area contributed by atoms with Crippen molar-refractivity contribution in [3.63, 3.8) is 0 Å². The first-order chi connectivity index (χ1) is 18.1. The third-order valence-electron chi connectivity index (χ3n) is 11.5. The summed E-state index contributed by atoms with van der Waals surface area (Å²) in [4.78, 5) is 12.9. The van der Waals surface area contributed by atoms with Gasteiger partial charge in [0.1, 0.15) is 6.10 Å². The van der Waals surface area contributed by atoms with Crippen LogP contribution >= 0.6 is 0 Å². The van der Waals surface area contributed by atoms with Crippen molar-refractivity contribution in [3.8, 4) is 0 Å². The standard InChI is InChI=1S/C34H52N2O2/c1-20(2)7-6-8-21(3)28-11-12-30-29-10-9-24-18-27(38-33(37)23-16-25(35)19-26(36)17-23)13-14-34(24,5)31(29)15-22(4)32(28)30/h9,16-17,19-22,27-32H,6-8,10-15,18,35-36H2,1-5H3. The summed E-state index contributed by atoms with van der Waals surface area (Å²) in [7, 11) is 0. The highest BCUT2D eigenvalue weighted by molar-refractivity contribution is 5.91. The molecule has 210 valence electrons. The van der Waals surface area contributed by atoms with E-state index in [1.807, 2.05) is 0 Å². The fourth-order valence-corrected chi connectivity index (χ4v) is 9.59. The Bertz CT molecular complexity index is 1030. The number of hydrogen-bond acceptors (Lipinski definition) is 4. The Labute approximate surface area is 231 Å². The monoisotopic (exact) mass is 520 g/mol. The SMILES string of the molecule is CC(C)CCCC(C)C1CCC2C3CC=C4CC(OC(=O)c5cc(N)cc(N)c5)CCC4(C)C3CC(C)C12. The number of esters is 1. The van der Waals surface area contributed by atoms with Gasteiger partial charge in [-0.25, -0.2) is 4.79 Å². The zero-order chi connectivity index (χ0) is 27.2. The number of fused-ring (bicyclic) bond motifs is 5. The largest absolute Gasteiger partial charge is 0.458 e. The Morgan fingerprint density at radius 1 is 1.05 bits per heavy atom. The predicted molar refractivity (Wildman–Crippen MR) is 157 cm³/mol. The lowest BCUT2D eigenvalue weighted by atomic mass is 9.48. The molecule has 0 radical (unpaired) electrons. The van der Waals surface area contributed by atoms with Gasteiger partial charge >= 0.3 is 5.97 Å². The normalized spacial score (nSPS) is 37.1. The molecule has 0 amide bonds. The van der Waals surface area contributed by atoms with Crippen LogP contribution in [0.25, 0.3) is 0 Å². The van der Waals surface area contributed by atoms with Crippen LogP contribution in [0, 0.1) is 52.8 Å². The molecule has 9 atom stereocenters. The molecular formula is C34H52N2O2. The van der Waals surface area contributed by atoms with Crippen molar-refractivity contribution in [2.24, 2.45) is 52.8 Å². The van der Waals surface area contributed by atoms with Gasteiger partial charge in [0.2, 0.25) is 0 Å². The maximum atomic E-state index is 12.9. The number of benzene rings is 1. The van der Waals surface area contributed by atoms with Gasteiger partial charge in [-0.3, -0.25) is 0 Å². The Morgan fingerprint density at radius 3 is 2.50 bits per heavy atom. The van der Waals surface area contributed by atoms with E-state index in [1.165, 1.54) is 44.9 Å². The van der Waals surface area contributed by atoms with Gasteiger partial charge in [-0.05, 0) is 109 Å². The minimum Gasteiger partial charge on any atom is -0.458 e. The maximum Gasteiger partial charge on any atom is 0.338 e. The molecule has 4 N–H and O–H groups in total. The molecule has 3 saturated carbocycles. The highest BCUT2D eigenvalue weighted by Gasteiger charge is 2.56. The number of carbonyl (C=O) groups excluding carboxylic acids is 1. The number of nitrogens with two attached hydrogens (primary N) is 2. The summed E-state index contributed by atoms with van der Waals surface area (Å²) in [6.07, 6.45) is 15.1. The molecule has 4 heteroatoms. The molecule has 5 rings (SSSR count). The smallest absolute Gasteiger partial charge is 0.338 e. The van der Waals surface area contributed by atoms with E-state index < -0.39 is 0 Å². The molecule has 4 aliphatic carbocycles. The molecule has 4 aliphatic rings. The van der Waals surface area contributed by atoms with Gasteiger partial charge in [0.15, 0.2) is 0 Å². The average Bonchev–Trinajstić information content (AvgIpc) is 3.30. The maximum absolute atomic E-state index is 12.9. The zero-order valence-corrected chi connectivity index (χ0v) is 24.5. The summed E-state index contributed by atoms with van der Waals surface area (Å²) >= 11 is 0. The Balaban J connectivity index is 1.25. The average molecular weight is 521 g/mol. The van der Waals surface area contributed by atoms with Crippen LogP contribution in [0.2, 0.25) is 0 Å². The Kier molecular flexibility index (Phi) is 7.91. The lowest BCUT2D eigenvalue weighted by Crippen LogP contribution is -2.50. The third-order valence-corrected chi connectivity index (χ3v) is 11.5. The van der Waals surface area contributed by atoms with Crippen molar-refractivity contribution < 1.29 is 9.53 Å². The van der Waals surface area contributed by atoms with Gasteiger partial charge < -0.3 is 16.2 Å². The molecule has 3 fully saturated rings. The lowest BCUT2D eigenvalue weighted by Gasteiger charge is -2.57. The summed E-state index contributed by atoms with van der Waals surface area (Å²) in [6.45, 7) is 12.4. The summed E-state index contributed by atoms with van der Waals surface area (Å²) in [5, 5.41) is 0. The van der Waals surface area contributed by atoms with Crippen molar-refractivity contribution >= 4 is 17.3 Å². The van der Waals surface area contributed by atoms with Gasteiger partial charge in [0.25, 0.3) is 0 Å². The van der Waals surface area contributed by atoms with Crippen molar-refractivity contribution in [2.45, 2.75) is 105 Å². The van der Waals surface area contributed by atoms with E-state index >= 15 is 0 Å². The second-order valence-electron chi connectivity index (χ2n) is 14.3. The van der Waals surface area contributed by atoms with E-state index in [2.05, 4.69) is 40.7 Å². The molecule has 4 nitrogen and oxygen atoms in total. The lowest BCUT2D eigenvalue weighted by molar-refractivity contribution is -0.0446. The van der Waals surface area contributed by atoms with Crippen molar-refractivity contribution in [1.29, 1.82) is 0 Å². The van der Waals surface area contributed by atoms with E-state index in [0.717, 1.165) is 66.6 Å². The zero-order valence-electron chi connectivity index (χ0n) is 24.5. The quantitative estimate of drug-likeness (QED) is 0.215. The van der Waals surface area contributed by atoms with Crippen molar-refractivity contribution in [2.75, 3.05) is 11.5 Å². The summed E-state index contributed by atoms with van der Waals surface area (Å²) in [5.74, 6) is 6.58. The first-order valence-corrected chi connectivity index (χ1v) is 15.6. The van der Waals surface area contributed by atoms with Crippen LogP contribution in [0.3, 0.4) is 0 Å². The molecular weight excluding hydrogens is 468 g/mol. The van der Waals surface area contributed by atoms with Crippen LogP contribution in [-0.4, -0.2) is 12.1 Å². The van der Waals surface area contributed by atoms with Gasteiger partial charge in [0.05, 0.1) is 5.56 Å². The van der Waals surface area contributed by atoms with Crippen LogP contribution < -0.4 is 11.5 Å². The molecule has 0 bridgehead atoms. The van der Waals surface area contributed by atoms with Crippen LogP contribution in [0.5, 0.6) is 0 Å². The Morgan fingerprint density at radius 2 is 1.79 bits per heavy atom. The summed E-state index contributed by atoms with van der Waals surface area (Å²) < 4.78 is 6.00. The minimum absolute atomic E-state index is 0.0580. The number of hydrogen-bond donors (Lipinski definition) is 2. The summed E-state index contributed by atoms with van der Waals surface area (Å²) in [6, 6.07) is 4.99. The molecule has 38 heavy (non-hydrogen) atoms. The molecule has 9 unspecified atom stereocenters. The van der Waals surface area contributed by atoms with Crippen LogP contribution in [0.1, 0.15) is 109 Å². The van der Waals surface area contributed by atoms with E-state index in [9.17, 15) is 4.79 Å². The molecule has 0 aliphatic heterocycles. The number of carbonyl (C=O) groups is 1. The van der Waals surface area contributed by atoms with Gasteiger partial charge in [-0.1, -0.05) is 65.5 Å². The van der Waals surface area contributed by atoms with Crippen LogP contribution in [0.4, 0.5) is 11.4 Å².